The van der Waals surface area contributed by atoms with Crippen LogP contribution < -0.4 is 0 Å². The Morgan fingerprint density at radius 3 is 1.88 bits per heavy atom. The Kier molecular flexibility index (Phi) is 13.0. The molecule has 0 radical (unpaired) electrons. The first kappa shape index (κ1) is 17.3. The van der Waals surface area contributed by atoms with E-state index >= 15 is 0 Å². The SMILES string of the molecule is CCCC(=O)OC.CCCC(C)C(=O)OC. The highest BCUT2D eigenvalue weighted by atomic mass is 16.5. The van der Waals surface area contributed by atoms with Crippen LogP contribution in [0.1, 0.15) is 46.5 Å². The zero-order valence-corrected chi connectivity index (χ0v) is 11.0. The molecule has 0 aromatic heterocycles. The van der Waals surface area contributed by atoms with Crippen LogP contribution in [0.15, 0.2) is 0 Å². The molecule has 16 heavy (non-hydrogen) atoms. The number of rotatable bonds is 5. The Morgan fingerprint density at radius 1 is 1.06 bits per heavy atom. The van der Waals surface area contributed by atoms with Crippen molar-refractivity contribution in [2.45, 2.75) is 46.5 Å². The summed E-state index contributed by atoms with van der Waals surface area (Å²) in [6, 6.07) is 0. The molecule has 0 aromatic carbocycles. The van der Waals surface area contributed by atoms with Gasteiger partial charge in [0.2, 0.25) is 0 Å². The number of esters is 2. The van der Waals surface area contributed by atoms with Gasteiger partial charge >= 0.3 is 11.9 Å². The van der Waals surface area contributed by atoms with Crippen molar-refractivity contribution in [3.63, 3.8) is 0 Å². The fourth-order valence-electron chi connectivity index (χ4n) is 1.06. The number of carbonyl (C=O) groups excluding carboxylic acids is 2. The first-order valence-electron chi connectivity index (χ1n) is 5.68. The first-order valence-corrected chi connectivity index (χ1v) is 5.68. The Bertz CT molecular complexity index is 189. The molecule has 0 amide bonds. The van der Waals surface area contributed by atoms with Gasteiger partial charge < -0.3 is 9.47 Å². The third-order valence-electron chi connectivity index (χ3n) is 2.01. The zero-order valence-electron chi connectivity index (χ0n) is 11.0. The molecule has 0 N–H and O–H groups in total. The number of ether oxygens (including phenoxy) is 2. The van der Waals surface area contributed by atoms with Crippen molar-refractivity contribution in [1.29, 1.82) is 0 Å². The van der Waals surface area contributed by atoms with Crippen molar-refractivity contribution in [3.05, 3.63) is 0 Å². The minimum Gasteiger partial charge on any atom is -0.469 e. The van der Waals surface area contributed by atoms with Crippen LogP contribution in [0.5, 0.6) is 0 Å². The Hall–Kier alpha value is -1.06. The molecule has 4 nitrogen and oxygen atoms in total. The first-order chi connectivity index (χ1) is 7.53. The average Bonchev–Trinajstić information content (AvgIpc) is 2.29. The van der Waals surface area contributed by atoms with E-state index < -0.39 is 0 Å². The summed E-state index contributed by atoms with van der Waals surface area (Å²) in [5.41, 5.74) is 0. The summed E-state index contributed by atoms with van der Waals surface area (Å²) in [7, 11) is 2.83. The van der Waals surface area contributed by atoms with Crippen LogP contribution in [0, 0.1) is 5.92 Å². The van der Waals surface area contributed by atoms with Crippen LogP contribution in [0.4, 0.5) is 0 Å². The van der Waals surface area contributed by atoms with E-state index in [1.165, 1.54) is 14.2 Å². The summed E-state index contributed by atoms with van der Waals surface area (Å²) in [5.74, 6) is -0.153. The van der Waals surface area contributed by atoms with Gasteiger partial charge in [-0.1, -0.05) is 27.2 Å². The largest absolute Gasteiger partial charge is 0.469 e. The van der Waals surface area contributed by atoms with Gasteiger partial charge in [-0.15, -0.1) is 0 Å². The molecule has 0 aliphatic carbocycles. The van der Waals surface area contributed by atoms with Crippen molar-refractivity contribution >= 4 is 11.9 Å². The van der Waals surface area contributed by atoms with Crippen LogP contribution in [0.3, 0.4) is 0 Å². The standard InChI is InChI=1S/C7H14O2.C5H10O2/c1-4-5-6(2)7(8)9-3;1-3-4-5(6)7-2/h6H,4-5H2,1-3H3;3-4H2,1-2H3. The molecule has 96 valence electrons. The summed E-state index contributed by atoms with van der Waals surface area (Å²) in [4.78, 5) is 20.9. The van der Waals surface area contributed by atoms with Gasteiger partial charge in [-0.25, -0.2) is 0 Å². The highest BCUT2D eigenvalue weighted by molar-refractivity contribution is 5.71. The van der Waals surface area contributed by atoms with Crippen LogP contribution in [0.2, 0.25) is 0 Å². The number of carbonyl (C=O) groups is 2. The minimum atomic E-state index is -0.123. The summed E-state index contributed by atoms with van der Waals surface area (Å²) < 4.78 is 8.88. The molecule has 4 heteroatoms. The fourth-order valence-corrected chi connectivity index (χ4v) is 1.06. The second kappa shape index (κ2) is 12.0. The minimum absolute atomic E-state index is 0.0694. The molecule has 0 rings (SSSR count). The Morgan fingerprint density at radius 2 is 1.62 bits per heavy atom. The lowest BCUT2D eigenvalue weighted by Gasteiger charge is -2.05. The lowest BCUT2D eigenvalue weighted by molar-refractivity contribution is -0.145. The topological polar surface area (TPSA) is 52.6 Å². The smallest absolute Gasteiger partial charge is 0.308 e. The van der Waals surface area contributed by atoms with Crippen molar-refractivity contribution in [3.8, 4) is 0 Å². The van der Waals surface area contributed by atoms with E-state index in [0.717, 1.165) is 19.3 Å². The van der Waals surface area contributed by atoms with E-state index in [9.17, 15) is 9.59 Å². The molecule has 0 spiro atoms. The molecule has 0 fully saturated rings. The average molecular weight is 232 g/mol. The maximum atomic E-state index is 10.7. The second-order valence-corrected chi connectivity index (χ2v) is 3.54. The van der Waals surface area contributed by atoms with Gasteiger partial charge in [0.1, 0.15) is 0 Å². The van der Waals surface area contributed by atoms with Crippen LogP contribution >= 0.6 is 0 Å². The van der Waals surface area contributed by atoms with Gasteiger partial charge in [0.15, 0.2) is 0 Å². The summed E-state index contributed by atoms with van der Waals surface area (Å²) in [6.45, 7) is 5.88. The molecule has 0 saturated heterocycles. The highest BCUT2D eigenvalue weighted by Crippen LogP contribution is 2.05. The van der Waals surface area contributed by atoms with Gasteiger partial charge in [-0.05, 0) is 12.8 Å². The van der Waals surface area contributed by atoms with Crippen molar-refractivity contribution in [2.24, 2.45) is 5.92 Å². The maximum Gasteiger partial charge on any atom is 0.308 e. The lowest BCUT2D eigenvalue weighted by Crippen LogP contribution is -2.11. The quantitative estimate of drug-likeness (QED) is 0.683. The maximum absolute atomic E-state index is 10.7. The van der Waals surface area contributed by atoms with Gasteiger partial charge in [0.25, 0.3) is 0 Å². The highest BCUT2D eigenvalue weighted by Gasteiger charge is 2.10. The third kappa shape index (κ3) is 11.0. The molecule has 0 bridgehead atoms. The molecule has 1 unspecified atom stereocenters. The zero-order chi connectivity index (χ0) is 13.0. The van der Waals surface area contributed by atoms with E-state index in [1.807, 2.05) is 13.8 Å². The summed E-state index contributed by atoms with van der Waals surface area (Å²) >= 11 is 0. The van der Waals surface area contributed by atoms with Crippen LogP contribution in [0.25, 0.3) is 0 Å². The molecule has 0 aliphatic rings. The Labute approximate surface area is 98.3 Å². The van der Waals surface area contributed by atoms with Gasteiger partial charge in [0.05, 0.1) is 20.1 Å². The monoisotopic (exact) mass is 232 g/mol. The summed E-state index contributed by atoms with van der Waals surface area (Å²) in [5, 5.41) is 0. The van der Waals surface area contributed by atoms with Crippen molar-refractivity contribution < 1.29 is 19.1 Å². The molecule has 0 heterocycles. The molecule has 0 aliphatic heterocycles. The van der Waals surface area contributed by atoms with Gasteiger partial charge in [-0.3, -0.25) is 9.59 Å². The molecule has 1 atom stereocenters. The van der Waals surface area contributed by atoms with Crippen LogP contribution in [-0.4, -0.2) is 26.2 Å². The van der Waals surface area contributed by atoms with E-state index in [1.54, 1.807) is 0 Å². The predicted octanol–water partition coefficient (Wildman–Crippen LogP) is 2.56. The van der Waals surface area contributed by atoms with E-state index in [2.05, 4.69) is 16.4 Å². The number of hydrogen-bond acceptors (Lipinski definition) is 4. The lowest BCUT2D eigenvalue weighted by atomic mass is 10.1. The van der Waals surface area contributed by atoms with Crippen LogP contribution in [-0.2, 0) is 19.1 Å². The molecular formula is C12H24O4. The van der Waals surface area contributed by atoms with E-state index in [4.69, 9.17) is 0 Å². The van der Waals surface area contributed by atoms with E-state index in [0.29, 0.717) is 6.42 Å². The fraction of sp³-hybridized carbons (Fsp3) is 0.833. The van der Waals surface area contributed by atoms with Crippen molar-refractivity contribution in [1.82, 2.24) is 0 Å². The Balaban J connectivity index is 0. The van der Waals surface area contributed by atoms with Gasteiger partial charge in [0, 0.05) is 6.42 Å². The normalized spacial score (nSPS) is 10.8. The second-order valence-electron chi connectivity index (χ2n) is 3.54. The molecular weight excluding hydrogens is 208 g/mol. The predicted molar refractivity (Wildman–Crippen MR) is 63.0 cm³/mol. The van der Waals surface area contributed by atoms with E-state index in [-0.39, 0.29) is 17.9 Å². The van der Waals surface area contributed by atoms with Gasteiger partial charge in [-0.2, -0.15) is 0 Å². The third-order valence-corrected chi connectivity index (χ3v) is 2.01. The number of methoxy groups -OCH3 is 2. The molecule has 0 saturated carbocycles. The number of hydrogen-bond donors (Lipinski definition) is 0. The van der Waals surface area contributed by atoms with Crippen molar-refractivity contribution in [2.75, 3.05) is 14.2 Å². The molecule has 0 aromatic rings. The summed E-state index contributed by atoms with van der Waals surface area (Å²) in [6.07, 6.45) is 3.37.